The third-order valence-corrected chi connectivity index (χ3v) is 4.45. The number of nitrogens with two attached hydrogens (primary N) is 1. The summed E-state index contributed by atoms with van der Waals surface area (Å²) in [4.78, 5) is 15.6. The van der Waals surface area contributed by atoms with E-state index in [9.17, 15) is 4.79 Å². The molecule has 1 aromatic heterocycles. The lowest BCUT2D eigenvalue weighted by Gasteiger charge is -2.18. The van der Waals surface area contributed by atoms with Gasteiger partial charge in [-0.15, -0.1) is 24.0 Å². The molecule has 0 saturated carbocycles. The zero-order valence-electron chi connectivity index (χ0n) is 16.5. The highest BCUT2D eigenvalue weighted by atomic mass is 127. The van der Waals surface area contributed by atoms with E-state index >= 15 is 0 Å². The molecule has 1 atom stereocenters. The molecule has 4 N–H and O–H groups in total. The second-order valence-corrected chi connectivity index (χ2v) is 6.51. The number of nitrogens with one attached hydrogen (secondary N) is 2. The Labute approximate surface area is 177 Å². The van der Waals surface area contributed by atoms with Gasteiger partial charge in [0.2, 0.25) is 5.91 Å². The van der Waals surface area contributed by atoms with E-state index in [2.05, 4.69) is 34.6 Å². The van der Waals surface area contributed by atoms with Crippen molar-refractivity contribution in [2.24, 2.45) is 17.8 Å². The summed E-state index contributed by atoms with van der Waals surface area (Å²) in [5.41, 5.74) is 10.3. The number of carbonyl (C=O) groups excluding carboxylic acids is 1. The molecule has 0 spiro atoms. The summed E-state index contributed by atoms with van der Waals surface area (Å²) in [6.07, 6.45) is 0.864. The Morgan fingerprint density at radius 2 is 2.07 bits per heavy atom. The van der Waals surface area contributed by atoms with Gasteiger partial charge in [-0.25, -0.2) is 0 Å². The number of carbonyl (C=O) groups is 1. The summed E-state index contributed by atoms with van der Waals surface area (Å²) < 4.78 is 1.91. The maximum absolute atomic E-state index is 11.3. The minimum atomic E-state index is -0.426. The van der Waals surface area contributed by atoms with Crippen LogP contribution in [0.5, 0.6) is 0 Å². The molecule has 7 nitrogen and oxygen atoms in total. The molecule has 0 bridgehead atoms. The molecule has 1 aromatic carbocycles. The number of hydrogen-bond donors (Lipinski definition) is 3. The molecule has 2 aromatic rings. The first-order chi connectivity index (χ1) is 12.3. The molecule has 0 aliphatic rings. The van der Waals surface area contributed by atoms with Crippen molar-refractivity contribution < 1.29 is 4.79 Å². The molecular weight excluding hydrogens is 455 g/mol. The average molecular weight is 484 g/mol. The molecule has 1 unspecified atom stereocenters. The van der Waals surface area contributed by atoms with Crippen molar-refractivity contribution in [2.45, 2.75) is 39.8 Å². The number of aryl methyl sites for hydroxylation is 2. The van der Waals surface area contributed by atoms with Crippen molar-refractivity contribution in [3.63, 3.8) is 0 Å². The summed E-state index contributed by atoms with van der Waals surface area (Å²) in [6.45, 7) is 6.79. The summed E-state index contributed by atoms with van der Waals surface area (Å²) in [7, 11) is 3.70. The number of primary amides is 1. The van der Waals surface area contributed by atoms with Gasteiger partial charge in [0, 0.05) is 37.9 Å². The number of nitrogens with zero attached hydrogens (tertiary/aromatic N) is 3. The molecule has 0 radical (unpaired) electrons. The van der Waals surface area contributed by atoms with Gasteiger partial charge in [0.15, 0.2) is 5.96 Å². The normalized spacial score (nSPS) is 12.3. The second kappa shape index (κ2) is 10.3. The van der Waals surface area contributed by atoms with Crippen molar-refractivity contribution in [3.05, 3.63) is 52.3 Å². The van der Waals surface area contributed by atoms with Crippen LogP contribution in [-0.4, -0.2) is 34.7 Å². The highest BCUT2D eigenvalue weighted by Crippen LogP contribution is 2.14. The first-order valence-corrected chi connectivity index (χ1v) is 8.66. The van der Waals surface area contributed by atoms with Gasteiger partial charge in [-0.2, -0.15) is 5.10 Å². The van der Waals surface area contributed by atoms with Crippen molar-refractivity contribution in [1.29, 1.82) is 0 Å². The lowest BCUT2D eigenvalue weighted by molar-refractivity contribution is 0.1000. The summed E-state index contributed by atoms with van der Waals surface area (Å²) in [5, 5.41) is 11.1. The van der Waals surface area contributed by atoms with Crippen LogP contribution in [0.4, 0.5) is 0 Å². The van der Waals surface area contributed by atoms with Crippen LogP contribution in [0.2, 0.25) is 0 Å². The third-order valence-electron chi connectivity index (χ3n) is 4.45. The average Bonchev–Trinajstić information content (AvgIpc) is 2.85. The van der Waals surface area contributed by atoms with Crippen LogP contribution in [0.15, 0.2) is 29.3 Å². The van der Waals surface area contributed by atoms with Gasteiger partial charge in [-0.3, -0.25) is 14.5 Å². The summed E-state index contributed by atoms with van der Waals surface area (Å²) >= 11 is 0. The zero-order chi connectivity index (χ0) is 19.3. The molecule has 0 saturated heterocycles. The first-order valence-electron chi connectivity index (χ1n) is 8.66. The molecule has 0 aliphatic carbocycles. The van der Waals surface area contributed by atoms with Crippen LogP contribution in [0, 0.1) is 13.8 Å². The van der Waals surface area contributed by atoms with E-state index in [-0.39, 0.29) is 30.0 Å². The smallest absolute Gasteiger partial charge is 0.248 e. The fraction of sp³-hybridized carbons (Fsp3) is 0.421. The molecule has 0 fully saturated rings. The Morgan fingerprint density at radius 3 is 2.63 bits per heavy atom. The number of guanidine groups is 1. The van der Waals surface area contributed by atoms with E-state index in [1.807, 2.05) is 30.8 Å². The maximum atomic E-state index is 11.3. The van der Waals surface area contributed by atoms with Crippen molar-refractivity contribution in [3.8, 4) is 0 Å². The Bertz CT molecular complexity index is 815. The van der Waals surface area contributed by atoms with Crippen LogP contribution < -0.4 is 16.4 Å². The van der Waals surface area contributed by atoms with Gasteiger partial charge >= 0.3 is 0 Å². The van der Waals surface area contributed by atoms with Crippen molar-refractivity contribution >= 4 is 35.8 Å². The van der Waals surface area contributed by atoms with E-state index in [1.54, 1.807) is 19.2 Å². The standard InChI is InChI=1S/C19H28N6O.HI/c1-12(9-17-13(2)24-25(5)14(17)3)23-19(21-4)22-11-15-7-6-8-16(10-15)18(20)26;/h6-8,10,12H,9,11H2,1-5H3,(H2,20,26)(H2,21,22,23);1H. The van der Waals surface area contributed by atoms with Crippen LogP contribution in [-0.2, 0) is 20.0 Å². The molecule has 1 amide bonds. The van der Waals surface area contributed by atoms with E-state index in [0.29, 0.717) is 18.1 Å². The summed E-state index contributed by atoms with van der Waals surface area (Å²) in [5.74, 6) is 0.284. The molecule has 2 rings (SSSR count). The van der Waals surface area contributed by atoms with E-state index in [4.69, 9.17) is 5.73 Å². The fourth-order valence-electron chi connectivity index (χ4n) is 2.92. The van der Waals surface area contributed by atoms with Crippen LogP contribution in [0.1, 0.15) is 39.8 Å². The van der Waals surface area contributed by atoms with Crippen LogP contribution in [0.25, 0.3) is 0 Å². The van der Waals surface area contributed by atoms with Crippen molar-refractivity contribution in [1.82, 2.24) is 20.4 Å². The third kappa shape index (κ3) is 6.23. The number of hydrogen-bond acceptors (Lipinski definition) is 3. The quantitative estimate of drug-likeness (QED) is 0.332. The summed E-state index contributed by atoms with van der Waals surface area (Å²) in [6, 6.07) is 7.45. The van der Waals surface area contributed by atoms with Gasteiger partial charge in [0.1, 0.15) is 0 Å². The van der Waals surface area contributed by atoms with E-state index < -0.39 is 5.91 Å². The number of halogens is 1. The predicted molar refractivity (Wildman–Crippen MR) is 120 cm³/mol. The number of benzene rings is 1. The van der Waals surface area contributed by atoms with Gasteiger partial charge in [0.25, 0.3) is 0 Å². The SMILES string of the molecule is CN=C(NCc1cccc(C(N)=O)c1)NC(C)Cc1c(C)nn(C)c1C.I. The molecular formula is C19H29IN6O. The van der Waals surface area contributed by atoms with Crippen LogP contribution >= 0.6 is 24.0 Å². The Kier molecular flexibility index (Phi) is 8.74. The highest BCUT2D eigenvalue weighted by Gasteiger charge is 2.14. The number of aromatic nitrogens is 2. The topological polar surface area (TPSA) is 97.3 Å². The number of rotatable bonds is 6. The highest BCUT2D eigenvalue weighted by molar-refractivity contribution is 14.0. The molecule has 27 heavy (non-hydrogen) atoms. The molecule has 8 heteroatoms. The monoisotopic (exact) mass is 484 g/mol. The van der Waals surface area contributed by atoms with Gasteiger partial charge in [-0.1, -0.05) is 12.1 Å². The Morgan fingerprint density at radius 1 is 1.37 bits per heavy atom. The molecule has 148 valence electrons. The van der Waals surface area contributed by atoms with E-state index in [0.717, 1.165) is 17.7 Å². The Balaban J connectivity index is 0.00000364. The Hall–Kier alpha value is -2.10. The number of amides is 1. The molecule has 0 aliphatic heterocycles. The minimum Gasteiger partial charge on any atom is -0.366 e. The van der Waals surface area contributed by atoms with Crippen molar-refractivity contribution in [2.75, 3.05) is 7.05 Å². The van der Waals surface area contributed by atoms with Crippen LogP contribution in [0.3, 0.4) is 0 Å². The predicted octanol–water partition coefficient (Wildman–Crippen LogP) is 2.05. The van der Waals surface area contributed by atoms with E-state index in [1.165, 1.54) is 11.3 Å². The zero-order valence-corrected chi connectivity index (χ0v) is 18.9. The largest absolute Gasteiger partial charge is 0.366 e. The van der Waals surface area contributed by atoms with Gasteiger partial charge in [0.05, 0.1) is 5.69 Å². The minimum absolute atomic E-state index is 0. The second-order valence-electron chi connectivity index (χ2n) is 6.51. The number of aliphatic imine (C=N–C) groups is 1. The first kappa shape index (κ1) is 22.9. The lowest BCUT2D eigenvalue weighted by Crippen LogP contribution is -2.42. The maximum Gasteiger partial charge on any atom is 0.248 e. The van der Waals surface area contributed by atoms with Gasteiger partial charge in [-0.05, 0) is 50.5 Å². The lowest BCUT2D eigenvalue weighted by atomic mass is 10.1. The molecule has 1 heterocycles. The van der Waals surface area contributed by atoms with Gasteiger partial charge < -0.3 is 16.4 Å². The fourth-order valence-corrected chi connectivity index (χ4v) is 2.92.